The Bertz CT molecular complexity index is 2170. The Labute approximate surface area is 405 Å². The Morgan fingerprint density at radius 1 is 0.652 bits per heavy atom. The summed E-state index contributed by atoms with van der Waals surface area (Å²) in [4.78, 5) is 83.0. The number of piperidine rings is 2. The third-order valence-electron chi connectivity index (χ3n) is 13.6. The number of hydrogen-bond donors (Lipinski definition) is 6. The summed E-state index contributed by atoms with van der Waals surface area (Å²) in [5, 5.41) is 11.5. The number of likely N-dealkylation sites (tertiary alicyclic amines) is 2. The Balaban J connectivity index is 0.000000239. The van der Waals surface area contributed by atoms with E-state index in [-0.39, 0.29) is 23.8 Å². The second-order valence-corrected chi connectivity index (χ2v) is 18.1. The molecule has 69 heavy (non-hydrogen) atoms. The van der Waals surface area contributed by atoms with Crippen molar-refractivity contribution in [2.75, 3.05) is 60.1 Å². The van der Waals surface area contributed by atoms with E-state index in [2.05, 4.69) is 41.2 Å². The number of carbonyl (C=O) groups excluding carboxylic acids is 5. The minimum atomic E-state index is -0.745. The normalized spacial score (nSPS) is 16.7. The number of methoxy groups -OCH3 is 2. The molecule has 4 heterocycles. The average molecular weight is 953 g/mol. The molecule has 0 bridgehead atoms. The number of rotatable bonds is 19. The molecule has 1 saturated carbocycles. The zero-order valence-electron chi connectivity index (χ0n) is 40.6. The van der Waals surface area contributed by atoms with Crippen molar-refractivity contribution in [2.24, 2.45) is 11.3 Å². The molecule has 2 atom stereocenters. The van der Waals surface area contributed by atoms with Gasteiger partial charge in [0.1, 0.15) is 23.6 Å². The van der Waals surface area contributed by atoms with Gasteiger partial charge in [-0.3, -0.25) is 14.4 Å². The first-order valence-corrected chi connectivity index (χ1v) is 24.6. The summed E-state index contributed by atoms with van der Waals surface area (Å²) in [6, 6.07) is 13.0. The zero-order chi connectivity index (χ0) is 48.9. The van der Waals surface area contributed by atoms with Crippen molar-refractivity contribution in [3.63, 3.8) is 0 Å². The summed E-state index contributed by atoms with van der Waals surface area (Å²) < 4.78 is 16.0. The first-order chi connectivity index (χ1) is 33.6. The molecule has 1 aliphatic carbocycles. The predicted octanol–water partition coefficient (Wildman–Crippen LogP) is 5.51. The van der Waals surface area contributed by atoms with Crippen molar-refractivity contribution in [1.29, 1.82) is 0 Å². The summed E-state index contributed by atoms with van der Waals surface area (Å²) >= 11 is 0. The van der Waals surface area contributed by atoms with Crippen LogP contribution >= 0.6 is 0 Å². The lowest BCUT2D eigenvalue weighted by atomic mass is 9.63. The molecule has 3 aliphatic rings. The smallest absolute Gasteiger partial charge is 0.315 e. The van der Waals surface area contributed by atoms with Crippen LogP contribution in [0.15, 0.2) is 73.6 Å². The Morgan fingerprint density at radius 3 is 1.52 bits per heavy atom. The molecule has 3 fully saturated rings. The molecule has 7 rings (SSSR count). The topological polar surface area (TPSA) is 225 Å². The predicted molar refractivity (Wildman–Crippen MR) is 261 cm³/mol. The molecule has 2 saturated heterocycles. The van der Waals surface area contributed by atoms with E-state index < -0.39 is 23.5 Å². The minimum absolute atomic E-state index is 0.0239. The SMILES string of the molecule is CCOC(=O)C1(C2CCCCC2)CCN(C(=O)C(Cc2ccc(OC)cc2)NC(=O)NCCc2cnc[nH]2)CC1.COc1ccc(CC(NC(=O)NCCc2cnc[nH]2)C(=O)N2CCCCC2)cc1. The molecule has 6 amide bonds. The van der Waals surface area contributed by atoms with Crippen LogP contribution in [0.3, 0.4) is 0 Å². The molecule has 6 N–H and O–H groups in total. The Kier molecular flexibility index (Phi) is 20.1. The van der Waals surface area contributed by atoms with Crippen LogP contribution in [-0.4, -0.2) is 132 Å². The third kappa shape index (κ3) is 15.5. The van der Waals surface area contributed by atoms with Crippen LogP contribution in [0.4, 0.5) is 9.59 Å². The number of esters is 1. The van der Waals surface area contributed by atoms with Crippen LogP contribution in [0.2, 0.25) is 0 Å². The van der Waals surface area contributed by atoms with Crippen molar-refractivity contribution in [1.82, 2.24) is 51.0 Å². The molecule has 2 aromatic carbocycles. The number of carbonyl (C=O) groups is 5. The van der Waals surface area contributed by atoms with E-state index in [0.29, 0.717) is 77.2 Å². The van der Waals surface area contributed by atoms with Gasteiger partial charge in [0.15, 0.2) is 0 Å². The van der Waals surface area contributed by atoms with Gasteiger partial charge >= 0.3 is 18.0 Å². The second kappa shape index (κ2) is 26.8. The highest BCUT2D eigenvalue weighted by Gasteiger charge is 2.49. The zero-order valence-corrected chi connectivity index (χ0v) is 40.6. The van der Waals surface area contributed by atoms with Crippen molar-refractivity contribution < 1.29 is 38.2 Å². The van der Waals surface area contributed by atoms with Crippen molar-refractivity contribution in [2.45, 2.75) is 109 Å². The molecule has 2 aliphatic heterocycles. The highest BCUT2D eigenvalue weighted by molar-refractivity contribution is 5.88. The number of imidazole rings is 2. The maximum Gasteiger partial charge on any atom is 0.315 e. The third-order valence-corrected chi connectivity index (χ3v) is 13.6. The van der Waals surface area contributed by atoms with Gasteiger partial charge < -0.3 is 55.2 Å². The van der Waals surface area contributed by atoms with Crippen LogP contribution in [-0.2, 0) is 44.8 Å². The van der Waals surface area contributed by atoms with E-state index in [1.807, 2.05) is 60.4 Å². The van der Waals surface area contributed by atoms with E-state index in [9.17, 15) is 24.0 Å². The van der Waals surface area contributed by atoms with Gasteiger partial charge in [0.05, 0.1) is 38.9 Å². The molecule has 4 aromatic rings. The maximum atomic E-state index is 13.8. The average Bonchev–Trinajstić information content (AvgIpc) is 4.12. The number of benzene rings is 2. The van der Waals surface area contributed by atoms with E-state index in [0.717, 1.165) is 92.0 Å². The molecular weight excluding hydrogens is 881 g/mol. The van der Waals surface area contributed by atoms with Gasteiger partial charge in [-0.05, 0) is 93.2 Å². The number of hydrogen-bond acceptors (Lipinski definition) is 10. The number of nitrogens with one attached hydrogen (secondary N) is 6. The van der Waals surface area contributed by atoms with Crippen molar-refractivity contribution in [3.05, 3.63) is 96.1 Å². The molecule has 2 unspecified atom stereocenters. The lowest BCUT2D eigenvalue weighted by Gasteiger charge is -2.46. The van der Waals surface area contributed by atoms with Crippen molar-refractivity contribution >= 4 is 29.8 Å². The highest BCUT2D eigenvalue weighted by atomic mass is 16.5. The fourth-order valence-corrected chi connectivity index (χ4v) is 9.67. The van der Waals surface area contributed by atoms with Gasteiger partial charge in [-0.15, -0.1) is 0 Å². The fraction of sp³-hybridized carbons (Fsp3) is 0.549. The lowest BCUT2D eigenvalue weighted by Crippen LogP contribution is -2.56. The van der Waals surface area contributed by atoms with Gasteiger partial charge in [-0.1, -0.05) is 43.5 Å². The molecule has 2 aromatic heterocycles. The van der Waals surface area contributed by atoms with E-state index >= 15 is 0 Å². The number of nitrogens with zero attached hydrogens (tertiary/aromatic N) is 4. The highest BCUT2D eigenvalue weighted by Crippen LogP contribution is 2.47. The maximum absolute atomic E-state index is 13.8. The first kappa shape index (κ1) is 51.8. The standard InChI is InChI=1S/C30H43N5O5.C21H29N5O3/c1-3-40-28(37)30(23-7-5-4-6-8-23)14-17-35(18-15-30)27(36)26(19-22-9-11-25(39-2)12-10-22)34-29(38)32-16-13-24-20-31-21-33-24;1-29-18-7-5-16(6-8-18)13-19(20(27)26-11-3-2-4-12-26)25-21(28)23-10-9-17-14-22-15-24-17/h9-12,20-21,23,26H,3-8,13-19H2,1-2H3,(H,31,33)(H2,32,34,38);5-8,14-15,19H,2-4,9-13H2,1H3,(H,22,24)(H2,23,25,28). The second-order valence-electron chi connectivity index (χ2n) is 18.1. The largest absolute Gasteiger partial charge is 0.497 e. The molecule has 374 valence electrons. The molecule has 0 spiro atoms. The summed E-state index contributed by atoms with van der Waals surface area (Å²) in [6.07, 6.45) is 18.6. The van der Waals surface area contributed by atoms with Gasteiger partial charge in [0.25, 0.3) is 0 Å². The Morgan fingerprint density at radius 2 is 1.10 bits per heavy atom. The van der Waals surface area contributed by atoms with Crippen LogP contribution in [0.1, 0.15) is 93.6 Å². The number of H-pyrrole nitrogens is 2. The van der Waals surface area contributed by atoms with Crippen LogP contribution in [0, 0.1) is 11.3 Å². The summed E-state index contributed by atoms with van der Waals surface area (Å²) in [6.45, 7) is 5.51. The first-order valence-electron chi connectivity index (χ1n) is 24.6. The quantitative estimate of drug-likeness (QED) is 0.0647. The number of aromatic amines is 2. The number of urea groups is 2. The van der Waals surface area contributed by atoms with E-state index in [1.165, 1.54) is 6.42 Å². The number of amides is 6. The number of ether oxygens (including phenoxy) is 3. The van der Waals surface area contributed by atoms with E-state index in [1.54, 1.807) is 44.2 Å². The van der Waals surface area contributed by atoms with Gasteiger partial charge in [0.2, 0.25) is 11.8 Å². The molecule has 18 heteroatoms. The van der Waals surface area contributed by atoms with Crippen LogP contribution in [0.25, 0.3) is 0 Å². The summed E-state index contributed by atoms with van der Waals surface area (Å²) in [5.74, 6) is 1.51. The molecule has 0 radical (unpaired) electrons. The lowest BCUT2D eigenvalue weighted by molar-refractivity contribution is -0.166. The van der Waals surface area contributed by atoms with Crippen LogP contribution in [0.5, 0.6) is 11.5 Å². The fourth-order valence-electron chi connectivity index (χ4n) is 9.67. The summed E-state index contributed by atoms with van der Waals surface area (Å²) in [7, 11) is 3.23. The van der Waals surface area contributed by atoms with Gasteiger partial charge in [-0.2, -0.15) is 0 Å². The monoisotopic (exact) mass is 953 g/mol. The molecule has 18 nitrogen and oxygen atoms in total. The number of aromatic nitrogens is 4. The van der Waals surface area contributed by atoms with E-state index in [4.69, 9.17) is 14.2 Å². The van der Waals surface area contributed by atoms with Crippen LogP contribution < -0.4 is 30.7 Å². The van der Waals surface area contributed by atoms with Gasteiger partial charge in [0, 0.05) is 88.7 Å². The minimum Gasteiger partial charge on any atom is -0.497 e. The Hall–Kier alpha value is -6.59. The van der Waals surface area contributed by atoms with Crippen molar-refractivity contribution in [3.8, 4) is 11.5 Å². The van der Waals surface area contributed by atoms with Gasteiger partial charge in [-0.25, -0.2) is 19.6 Å². The molecular formula is C51H72N10O8. The summed E-state index contributed by atoms with van der Waals surface area (Å²) in [5.41, 5.74) is 3.22.